The molecule has 1 saturated heterocycles. The van der Waals surface area contributed by atoms with Gasteiger partial charge in [0.15, 0.2) is 0 Å². The first-order valence-electron chi connectivity index (χ1n) is 9.40. The second kappa shape index (κ2) is 6.94. The molecule has 4 heteroatoms. The van der Waals surface area contributed by atoms with E-state index in [1.54, 1.807) is 0 Å². The standard InChI is InChI=1S/C22H24N2O2/c1-2-15-7-5-6-10-20(15)22(26)23-18-13-21(25)24(14-18)19-11-16-8-3-4-9-17(16)12-19/h3-10,18-19H,2,11-14H2,1H3,(H,23,26)/t18-/m0/s1. The molecule has 1 heterocycles. The van der Waals surface area contributed by atoms with Gasteiger partial charge in [0.05, 0.1) is 6.04 Å². The average molecular weight is 348 g/mol. The van der Waals surface area contributed by atoms with Crippen LogP contribution in [0.4, 0.5) is 0 Å². The van der Waals surface area contributed by atoms with E-state index in [9.17, 15) is 9.59 Å². The van der Waals surface area contributed by atoms with Crippen molar-refractivity contribution in [2.75, 3.05) is 6.54 Å². The van der Waals surface area contributed by atoms with Gasteiger partial charge in [0.25, 0.3) is 5.91 Å². The number of hydrogen-bond acceptors (Lipinski definition) is 2. The molecule has 4 nitrogen and oxygen atoms in total. The zero-order valence-electron chi connectivity index (χ0n) is 15.1. The van der Waals surface area contributed by atoms with Crippen molar-refractivity contribution in [3.63, 3.8) is 0 Å². The maximum atomic E-state index is 12.7. The molecule has 1 atom stereocenters. The quantitative estimate of drug-likeness (QED) is 0.924. The minimum atomic E-state index is -0.108. The fourth-order valence-corrected chi connectivity index (χ4v) is 4.25. The van der Waals surface area contributed by atoms with Gasteiger partial charge in [-0.2, -0.15) is 0 Å². The zero-order chi connectivity index (χ0) is 18.1. The molecule has 1 N–H and O–H groups in total. The van der Waals surface area contributed by atoms with Crippen LogP contribution in [0.5, 0.6) is 0 Å². The van der Waals surface area contributed by atoms with Crippen LogP contribution in [0.3, 0.4) is 0 Å². The summed E-state index contributed by atoms with van der Waals surface area (Å²) in [6.45, 7) is 2.65. The summed E-state index contributed by atoms with van der Waals surface area (Å²) >= 11 is 0. The highest BCUT2D eigenvalue weighted by molar-refractivity contribution is 5.96. The fourth-order valence-electron chi connectivity index (χ4n) is 4.25. The van der Waals surface area contributed by atoms with Gasteiger partial charge in [0, 0.05) is 24.6 Å². The lowest BCUT2D eigenvalue weighted by molar-refractivity contribution is -0.129. The lowest BCUT2D eigenvalue weighted by Crippen LogP contribution is -2.41. The molecule has 2 aromatic carbocycles. The second-order valence-corrected chi connectivity index (χ2v) is 7.26. The largest absolute Gasteiger partial charge is 0.347 e. The van der Waals surface area contributed by atoms with Crippen LogP contribution in [0, 0.1) is 0 Å². The summed E-state index contributed by atoms with van der Waals surface area (Å²) in [6.07, 6.45) is 3.05. The Kier molecular flexibility index (Phi) is 4.49. The number of likely N-dealkylation sites (tertiary alicyclic amines) is 1. The van der Waals surface area contributed by atoms with Crippen molar-refractivity contribution < 1.29 is 9.59 Å². The normalized spacial score (nSPS) is 19.7. The third kappa shape index (κ3) is 3.12. The number of fused-ring (bicyclic) bond motifs is 1. The summed E-state index contributed by atoms with van der Waals surface area (Å²) in [5.41, 5.74) is 4.44. The molecule has 2 aromatic rings. The zero-order valence-corrected chi connectivity index (χ0v) is 15.1. The Morgan fingerprint density at radius 1 is 1.04 bits per heavy atom. The van der Waals surface area contributed by atoms with Crippen LogP contribution in [0.1, 0.15) is 40.4 Å². The van der Waals surface area contributed by atoms with Crippen LogP contribution >= 0.6 is 0 Å². The second-order valence-electron chi connectivity index (χ2n) is 7.26. The van der Waals surface area contributed by atoms with E-state index in [-0.39, 0.29) is 23.9 Å². The molecule has 1 fully saturated rings. The molecule has 0 spiro atoms. The van der Waals surface area contributed by atoms with Crippen LogP contribution in [-0.2, 0) is 24.1 Å². The summed E-state index contributed by atoms with van der Waals surface area (Å²) in [6, 6.07) is 16.2. The predicted molar refractivity (Wildman–Crippen MR) is 101 cm³/mol. The first kappa shape index (κ1) is 16.8. The van der Waals surface area contributed by atoms with Crippen molar-refractivity contribution in [1.29, 1.82) is 0 Å². The first-order chi connectivity index (χ1) is 12.7. The van der Waals surface area contributed by atoms with E-state index in [2.05, 4.69) is 29.6 Å². The fraction of sp³-hybridized carbons (Fsp3) is 0.364. The van der Waals surface area contributed by atoms with Crippen LogP contribution in [0.25, 0.3) is 0 Å². The van der Waals surface area contributed by atoms with Gasteiger partial charge in [-0.15, -0.1) is 0 Å². The van der Waals surface area contributed by atoms with E-state index < -0.39 is 0 Å². The molecule has 1 aliphatic carbocycles. The number of carbonyl (C=O) groups excluding carboxylic acids is 2. The van der Waals surface area contributed by atoms with Gasteiger partial charge >= 0.3 is 0 Å². The van der Waals surface area contributed by atoms with Gasteiger partial charge in [-0.05, 0) is 42.0 Å². The van der Waals surface area contributed by atoms with Gasteiger partial charge in [0.1, 0.15) is 0 Å². The van der Waals surface area contributed by atoms with Crippen LogP contribution in [0.2, 0.25) is 0 Å². The van der Waals surface area contributed by atoms with E-state index in [4.69, 9.17) is 0 Å². The monoisotopic (exact) mass is 348 g/mol. The van der Waals surface area contributed by atoms with Crippen molar-refractivity contribution in [1.82, 2.24) is 10.2 Å². The maximum absolute atomic E-state index is 12.7. The van der Waals surface area contributed by atoms with Gasteiger partial charge < -0.3 is 10.2 Å². The Bertz CT molecular complexity index is 821. The number of carbonyl (C=O) groups is 2. The molecule has 0 saturated carbocycles. The van der Waals surface area contributed by atoms with Crippen molar-refractivity contribution in [2.24, 2.45) is 0 Å². The molecule has 0 bridgehead atoms. The number of hydrogen-bond donors (Lipinski definition) is 1. The summed E-state index contributed by atoms with van der Waals surface area (Å²) in [4.78, 5) is 27.2. The number of nitrogens with zero attached hydrogens (tertiary/aromatic N) is 1. The number of rotatable bonds is 4. The minimum absolute atomic E-state index is 0.0724. The summed E-state index contributed by atoms with van der Waals surface area (Å²) < 4.78 is 0. The smallest absolute Gasteiger partial charge is 0.251 e. The van der Waals surface area contributed by atoms with E-state index in [1.165, 1.54) is 11.1 Å². The lowest BCUT2D eigenvalue weighted by Gasteiger charge is -2.24. The number of amides is 2. The van der Waals surface area contributed by atoms with Crippen molar-refractivity contribution in [3.05, 3.63) is 70.8 Å². The summed E-state index contributed by atoms with van der Waals surface area (Å²) in [5, 5.41) is 3.07. The minimum Gasteiger partial charge on any atom is -0.347 e. The predicted octanol–water partition coefficient (Wildman–Crippen LogP) is 2.75. The molecule has 2 aliphatic rings. The SMILES string of the molecule is CCc1ccccc1C(=O)N[C@H]1CC(=O)N(C2Cc3ccccc3C2)C1. The molecular formula is C22H24N2O2. The number of benzene rings is 2. The Morgan fingerprint density at radius 3 is 2.38 bits per heavy atom. The van der Waals surface area contributed by atoms with Gasteiger partial charge in [-0.25, -0.2) is 0 Å². The Morgan fingerprint density at radius 2 is 1.69 bits per heavy atom. The van der Waals surface area contributed by atoms with E-state index in [0.29, 0.717) is 18.5 Å². The molecule has 4 rings (SSSR count). The van der Waals surface area contributed by atoms with E-state index in [0.717, 1.165) is 24.8 Å². The molecule has 0 unspecified atom stereocenters. The highest BCUT2D eigenvalue weighted by Crippen LogP contribution is 2.28. The van der Waals surface area contributed by atoms with Crippen molar-refractivity contribution >= 4 is 11.8 Å². The molecule has 1 aliphatic heterocycles. The van der Waals surface area contributed by atoms with E-state index in [1.807, 2.05) is 36.1 Å². The Labute approximate surface area is 154 Å². The first-order valence-corrected chi connectivity index (χ1v) is 9.40. The maximum Gasteiger partial charge on any atom is 0.251 e. The van der Waals surface area contributed by atoms with Crippen LogP contribution in [-0.4, -0.2) is 35.3 Å². The molecule has 26 heavy (non-hydrogen) atoms. The average Bonchev–Trinajstić information content (AvgIpc) is 3.24. The lowest BCUT2D eigenvalue weighted by atomic mass is 10.0. The number of aryl methyl sites for hydroxylation is 1. The van der Waals surface area contributed by atoms with Gasteiger partial charge in [-0.1, -0.05) is 49.4 Å². The molecule has 2 amide bonds. The number of nitrogens with one attached hydrogen (secondary N) is 1. The Hall–Kier alpha value is -2.62. The van der Waals surface area contributed by atoms with Gasteiger partial charge in [-0.3, -0.25) is 9.59 Å². The molecule has 134 valence electrons. The molecular weight excluding hydrogens is 324 g/mol. The molecule has 0 aromatic heterocycles. The third-order valence-corrected chi connectivity index (χ3v) is 5.61. The molecule has 0 radical (unpaired) electrons. The highest BCUT2D eigenvalue weighted by atomic mass is 16.2. The summed E-state index contributed by atoms with van der Waals surface area (Å²) in [5.74, 6) is 0.0775. The Balaban J connectivity index is 1.42. The van der Waals surface area contributed by atoms with Crippen molar-refractivity contribution in [2.45, 2.75) is 44.7 Å². The topological polar surface area (TPSA) is 49.4 Å². The third-order valence-electron chi connectivity index (χ3n) is 5.61. The van der Waals surface area contributed by atoms with Crippen LogP contribution in [0.15, 0.2) is 48.5 Å². The summed E-state index contributed by atoms with van der Waals surface area (Å²) in [7, 11) is 0. The van der Waals surface area contributed by atoms with Gasteiger partial charge in [0.2, 0.25) is 5.91 Å². The van der Waals surface area contributed by atoms with E-state index >= 15 is 0 Å². The van der Waals surface area contributed by atoms with Crippen molar-refractivity contribution in [3.8, 4) is 0 Å². The van der Waals surface area contributed by atoms with Crippen LogP contribution < -0.4 is 5.32 Å². The highest BCUT2D eigenvalue weighted by Gasteiger charge is 2.37.